The monoisotopic (exact) mass is 283 g/mol. The fourth-order valence-electron chi connectivity index (χ4n) is 2.39. The van der Waals surface area contributed by atoms with E-state index in [1.165, 1.54) is 24.3 Å². The Morgan fingerprint density at radius 3 is 2.24 bits per heavy atom. The predicted molar refractivity (Wildman–Crippen MR) is 73.7 cm³/mol. The smallest absolute Gasteiger partial charge is 0.283 e. The van der Waals surface area contributed by atoms with E-state index >= 15 is 0 Å². The maximum Gasteiger partial charge on any atom is 0.306 e. The Labute approximate surface area is 119 Å². The molecule has 0 aliphatic carbocycles. The Morgan fingerprint density at radius 1 is 0.905 bits per heavy atom. The van der Waals surface area contributed by atoms with Crippen LogP contribution < -0.4 is 4.90 Å². The van der Waals surface area contributed by atoms with Gasteiger partial charge in [-0.15, -0.1) is 0 Å². The molecule has 0 radical (unpaired) electrons. The number of aryl methyl sites for hydroxylation is 1. The molecule has 2 amide bonds. The highest BCUT2D eigenvalue weighted by molar-refractivity contribution is 6.55. The van der Waals surface area contributed by atoms with E-state index in [1.54, 1.807) is 19.1 Å². The van der Waals surface area contributed by atoms with Crippen LogP contribution in [-0.4, -0.2) is 17.6 Å². The number of amides is 2. The van der Waals surface area contributed by atoms with Crippen molar-refractivity contribution < 1.29 is 18.8 Å². The van der Waals surface area contributed by atoms with E-state index in [2.05, 4.69) is 0 Å². The third kappa shape index (κ3) is 1.94. The SMILES string of the molecule is Cc1cc(F)ccc1N1C(=O)C(=O)c2ccccc2C1=O. The van der Waals surface area contributed by atoms with Gasteiger partial charge in [-0.25, -0.2) is 9.29 Å². The molecule has 2 aromatic carbocycles. The summed E-state index contributed by atoms with van der Waals surface area (Å²) in [6.45, 7) is 1.57. The van der Waals surface area contributed by atoms with E-state index in [4.69, 9.17) is 0 Å². The van der Waals surface area contributed by atoms with Gasteiger partial charge < -0.3 is 0 Å². The van der Waals surface area contributed by atoms with Crippen molar-refractivity contribution in [1.29, 1.82) is 0 Å². The van der Waals surface area contributed by atoms with Gasteiger partial charge in [-0.1, -0.05) is 18.2 Å². The number of rotatable bonds is 1. The number of hydrogen-bond acceptors (Lipinski definition) is 3. The first-order chi connectivity index (χ1) is 10.0. The Balaban J connectivity index is 2.19. The molecule has 1 aliphatic heterocycles. The largest absolute Gasteiger partial charge is 0.306 e. The van der Waals surface area contributed by atoms with Crippen molar-refractivity contribution in [2.75, 3.05) is 4.90 Å². The number of anilines is 1. The zero-order valence-corrected chi connectivity index (χ0v) is 11.1. The first-order valence-corrected chi connectivity index (χ1v) is 6.29. The Bertz CT molecular complexity index is 798. The summed E-state index contributed by atoms with van der Waals surface area (Å²) < 4.78 is 13.2. The maximum absolute atomic E-state index is 13.2. The van der Waals surface area contributed by atoms with Crippen LogP contribution in [0.4, 0.5) is 10.1 Å². The van der Waals surface area contributed by atoms with Crippen molar-refractivity contribution >= 4 is 23.3 Å². The molecule has 0 unspecified atom stereocenters. The molecule has 0 fully saturated rings. The van der Waals surface area contributed by atoms with Crippen LogP contribution in [0.5, 0.6) is 0 Å². The first-order valence-electron chi connectivity index (χ1n) is 6.29. The molecule has 0 saturated carbocycles. The molecule has 0 spiro atoms. The Hall–Kier alpha value is -2.82. The second-order valence-corrected chi connectivity index (χ2v) is 4.75. The lowest BCUT2D eigenvalue weighted by molar-refractivity contribution is -0.114. The molecule has 1 heterocycles. The molecular weight excluding hydrogens is 273 g/mol. The lowest BCUT2D eigenvalue weighted by Crippen LogP contribution is -2.46. The molecule has 0 atom stereocenters. The van der Waals surface area contributed by atoms with Crippen LogP contribution in [0.15, 0.2) is 42.5 Å². The Morgan fingerprint density at radius 2 is 1.57 bits per heavy atom. The highest BCUT2D eigenvalue weighted by Gasteiger charge is 2.38. The topological polar surface area (TPSA) is 54.5 Å². The number of nitrogens with zero attached hydrogens (tertiary/aromatic N) is 1. The van der Waals surface area contributed by atoms with Gasteiger partial charge in [0.2, 0.25) is 0 Å². The van der Waals surface area contributed by atoms with Crippen molar-refractivity contribution in [2.24, 2.45) is 0 Å². The van der Waals surface area contributed by atoms with Crippen LogP contribution in [0.1, 0.15) is 26.3 Å². The van der Waals surface area contributed by atoms with Crippen LogP contribution >= 0.6 is 0 Å². The average Bonchev–Trinajstić information content (AvgIpc) is 2.47. The Kier molecular flexibility index (Phi) is 2.90. The molecule has 0 saturated heterocycles. The van der Waals surface area contributed by atoms with Gasteiger partial charge in [0.25, 0.3) is 11.7 Å². The average molecular weight is 283 g/mol. The second-order valence-electron chi connectivity index (χ2n) is 4.75. The zero-order valence-electron chi connectivity index (χ0n) is 11.1. The molecule has 2 aromatic rings. The molecule has 21 heavy (non-hydrogen) atoms. The number of carbonyl (C=O) groups excluding carboxylic acids is 3. The fraction of sp³-hybridized carbons (Fsp3) is 0.0625. The van der Waals surface area contributed by atoms with Gasteiger partial charge in [-0.3, -0.25) is 14.4 Å². The molecule has 0 bridgehead atoms. The minimum absolute atomic E-state index is 0.100. The van der Waals surface area contributed by atoms with Crippen LogP contribution in [0.2, 0.25) is 0 Å². The lowest BCUT2D eigenvalue weighted by atomic mass is 9.96. The van der Waals surface area contributed by atoms with E-state index in [-0.39, 0.29) is 16.8 Å². The molecule has 104 valence electrons. The number of Topliss-reactive ketones (excluding diaryl/α,β-unsaturated/α-hetero) is 1. The summed E-state index contributed by atoms with van der Waals surface area (Å²) in [5, 5.41) is 0. The van der Waals surface area contributed by atoms with E-state index in [0.29, 0.717) is 5.56 Å². The van der Waals surface area contributed by atoms with Gasteiger partial charge in [0.1, 0.15) is 5.82 Å². The normalized spacial score (nSPS) is 14.4. The summed E-state index contributed by atoms with van der Waals surface area (Å²) >= 11 is 0. The minimum atomic E-state index is -0.923. The van der Waals surface area contributed by atoms with Crippen LogP contribution in [0.25, 0.3) is 0 Å². The second kappa shape index (κ2) is 4.63. The maximum atomic E-state index is 13.2. The van der Waals surface area contributed by atoms with Crippen LogP contribution in [-0.2, 0) is 4.79 Å². The quantitative estimate of drug-likeness (QED) is 0.597. The summed E-state index contributed by atoms with van der Waals surface area (Å²) in [4.78, 5) is 37.6. The van der Waals surface area contributed by atoms with Crippen molar-refractivity contribution in [3.05, 3.63) is 65.0 Å². The summed E-state index contributed by atoms with van der Waals surface area (Å²) in [5.74, 6) is -2.72. The van der Waals surface area contributed by atoms with E-state index in [1.807, 2.05) is 0 Å². The van der Waals surface area contributed by atoms with Crippen LogP contribution in [0.3, 0.4) is 0 Å². The molecular formula is C16H10FNO3. The number of hydrogen-bond donors (Lipinski definition) is 0. The number of imide groups is 1. The lowest BCUT2D eigenvalue weighted by Gasteiger charge is -2.26. The zero-order chi connectivity index (χ0) is 15.1. The van der Waals surface area contributed by atoms with Crippen molar-refractivity contribution in [3.63, 3.8) is 0 Å². The molecule has 3 rings (SSSR count). The highest BCUT2D eigenvalue weighted by Crippen LogP contribution is 2.28. The summed E-state index contributed by atoms with van der Waals surface area (Å²) in [7, 11) is 0. The van der Waals surface area contributed by atoms with E-state index in [9.17, 15) is 18.8 Å². The highest BCUT2D eigenvalue weighted by atomic mass is 19.1. The van der Waals surface area contributed by atoms with E-state index < -0.39 is 23.4 Å². The van der Waals surface area contributed by atoms with Gasteiger partial charge in [0, 0.05) is 5.56 Å². The number of fused-ring (bicyclic) bond motifs is 1. The number of halogens is 1. The first kappa shape index (κ1) is 13.2. The summed E-state index contributed by atoms with van der Waals surface area (Å²) in [5.41, 5.74) is 0.896. The number of benzene rings is 2. The van der Waals surface area contributed by atoms with Gasteiger partial charge in [-0.2, -0.15) is 0 Å². The van der Waals surface area contributed by atoms with Crippen molar-refractivity contribution in [2.45, 2.75) is 6.92 Å². The summed E-state index contributed by atoms with van der Waals surface area (Å²) in [6.07, 6.45) is 0. The van der Waals surface area contributed by atoms with Crippen molar-refractivity contribution in [3.8, 4) is 0 Å². The van der Waals surface area contributed by atoms with Gasteiger partial charge in [0.15, 0.2) is 0 Å². The summed E-state index contributed by atoms with van der Waals surface area (Å²) in [6, 6.07) is 9.83. The standard InChI is InChI=1S/C16H10FNO3/c1-9-8-10(17)6-7-13(9)18-15(20)12-5-3-2-4-11(12)14(19)16(18)21/h2-8H,1H3. The fourth-order valence-corrected chi connectivity index (χ4v) is 2.39. The van der Waals surface area contributed by atoms with Gasteiger partial charge >= 0.3 is 5.91 Å². The molecule has 5 heteroatoms. The minimum Gasteiger partial charge on any atom is -0.283 e. The van der Waals surface area contributed by atoms with E-state index in [0.717, 1.165) is 11.0 Å². The van der Waals surface area contributed by atoms with Crippen molar-refractivity contribution in [1.82, 2.24) is 0 Å². The van der Waals surface area contributed by atoms with Gasteiger partial charge in [-0.05, 0) is 36.8 Å². The molecule has 4 nitrogen and oxygen atoms in total. The third-order valence-electron chi connectivity index (χ3n) is 3.40. The van der Waals surface area contributed by atoms with Crippen LogP contribution in [0, 0.1) is 12.7 Å². The molecule has 1 aliphatic rings. The number of ketones is 1. The molecule has 0 N–H and O–H groups in total. The number of carbonyl (C=O) groups is 3. The third-order valence-corrected chi connectivity index (χ3v) is 3.40. The molecule has 0 aromatic heterocycles. The van der Waals surface area contributed by atoms with Gasteiger partial charge in [0.05, 0.1) is 11.3 Å². The predicted octanol–water partition coefficient (Wildman–Crippen LogP) is 2.50.